The second-order valence-electron chi connectivity index (χ2n) is 9.39. The van der Waals surface area contributed by atoms with Gasteiger partial charge in [-0.1, -0.05) is 6.92 Å². The molecule has 43 heavy (non-hydrogen) atoms. The van der Waals surface area contributed by atoms with Crippen LogP contribution in [0.5, 0.6) is 0 Å². The van der Waals surface area contributed by atoms with Crippen molar-refractivity contribution < 1.29 is 58.1 Å². The molecule has 17 nitrogen and oxygen atoms in total. The normalized spacial score (nSPS) is 19.9. The van der Waals surface area contributed by atoms with Crippen molar-refractivity contribution in [2.75, 3.05) is 80.1 Å². The summed E-state index contributed by atoms with van der Waals surface area (Å²) in [6.07, 6.45) is -3.58. The van der Waals surface area contributed by atoms with Crippen LogP contribution in [0.15, 0.2) is 16.8 Å². The summed E-state index contributed by atoms with van der Waals surface area (Å²) in [6.45, 7) is 5.77. The highest BCUT2D eigenvalue weighted by molar-refractivity contribution is 5.85. The third-order valence-electron chi connectivity index (χ3n) is 5.95. The largest absolute Gasteiger partial charge is 0.477 e. The molecule has 1 aliphatic rings. The highest BCUT2D eigenvalue weighted by Crippen LogP contribution is 2.25. The van der Waals surface area contributed by atoms with E-state index in [0.717, 1.165) is 17.4 Å². The molecule has 5 atom stereocenters. The number of nitrogens with two attached hydrogens (primary N) is 1. The van der Waals surface area contributed by atoms with Crippen molar-refractivity contribution in [3.63, 3.8) is 0 Å². The summed E-state index contributed by atoms with van der Waals surface area (Å²) >= 11 is 0. The van der Waals surface area contributed by atoms with Crippen LogP contribution in [0.4, 0.5) is 4.79 Å². The van der Waals surface area contributed by atoms with E-state index >= 15 is 0 Å². The lowest BCUT2D eigenvalue weighted by Crippen LogP contribution is -2.65. The Morgan fingerprint density at radius 1 is 1.05 bits per heavy atom. The predicted molar refractivity (Wildman–Crippen MR) is 152 cm³/mol. The lowest BCUT2D eigenvalue weighted by Gasteiger charge is -2.41. The number of aliphatic hydroxyl groups is 2. The van der Waals surface area contributed by atoms with E-state index in [1.54, 1.807) is 0 Å². The maximum atomic E-state index is 12.9. The number of nitrogens with zero attached hydrogens (tertiary/aromatic N) is 2. The molecule has 7 N–H and O–H groups in total. The second kappa shape index (κ2) is 21.5. The topological polar surface area (TPSA) is 233 Å². The molecule has 0 aliphatic carbocycles. The summed E-state index contributed by atoms with van der Waals surface area (Å²) < 4.78 is 32.6. The fourth-order valence-electron chi connectivity index (χ4n) is 3.77. The minimum atomic E-state index is -1.70. The van der Waals surface area contributed by atoms with Gasteiger partial charge in [0.15, 0.2) is 18.2 Å². The minimum absolute atomic E-state index is 0.0791. The van der Waals surface area contributed by atoms with E-state index in [2.05, 4.69) is 15.6 Å². The summed E-state index contributed by atoms with van der Waals surface area (Å²) in [6, 6.07) is -2.10. The smallest absolute Gasteiger partial charge is 0.410 e. The van der Waals surface area contributed by atoms with Crippen molar-refractivity contribution in [2.45, 2.75) is 50.7 Å². The van der Waals surface area contributed by atoms with E-state index < -0.39 is 60.7 Å². The molecular weight excluding hydrogens is 574 g/mol. The summed E-state index contributed by atoms with van der Waals surface area (Å²) in [5.41, 5.74) is 5.77. The first-order chi connectivity index (χ1) is 20.5. The van der Waals surface area contributed by atoms with Gasteiger partial charge < -0.3 is 65.0 Å². The lowest BCUT2D eigenvalue weighted by atomic mass is 9.91. The van der Waals surface area contributed by atoms with Crippen LogP contribution in [0.3, 0.4) is 0 Å². The number of nitrogens with one attached hydrogen (secondary N) is 2. The van der Waals surface area contributed by atoms with Gasteiger partial charge in [-0.25, -0.2) is 9.59 Å². The fraction of sp³-hybridized carbons (Fsp3) is 0.769. The van der Waals surface area contributed by atoms with Gasteiger partial charge >= 0.3 is 12.1 Å². The summed E-state index contributed by atoms with van der Waals surface area (Å²) in [7, 11) is 2.81. The monoisotopic (exact) mass is 621 g/mol. The number of carbonyl (C=O) groups is 3. The second-order valence-corrected chi connectivity index (χ2v) is 9.39. The summed E-state index contributed by atoms with van der Waals surface area (Å²) in [5.74, 6) is -2.63. The molecule has 0 aromatic rings. The quantitative estimate of drug-likeness (QED) is 0.0464. The van der Waals surface area contributed by atoms with E-state index in [1.165, 1.54) is 21.0 Å². The van der Waals surface area contributed by atoms with Gasteiger partial charge in [-0.05, 0) is 12.5 Å². The number of likely N-dealkylation sites (N-methyl/N-ethyl adjacent to an activating group) is 1. The van der Waals surface area contributed by atoms with E-state index in [1.807, 2.05) is 6.92 Å². The molecule has 0 radical (unpaired) electrons. The lowest BCUT2D eigenvalue weighted by molar-refractivity contribution is -0.147. The van der Waals surface area contributed by atoms with Gasteiger partial charge in [0.2, 0.25) is 11.7 Å². The van der Waals surface area contributed by atoms with Gasteiger partial charge in [-0.15, -0.1) is 0 Å². The number of rotatable bonds is 21. The number of ether oxygens (including phenoxy) is 6. The third kappa shape index (κ3) is 14.7. The molecule has 0 saturated heterocycles. The Kier molecular flexibility index (Phi) is 18.9. The molecule has 0 bridgehead atoms. The van der Waals surface area contributed by atoms with E-state index in [-0.39, 0.29) is 25.7 Å². The zero-order chi connectivity index (χ0) is 32.2. The van der Waals surface area contributed by atoms with Crippen molar-refractivity contribution in [3.05, 3.63) is 11.8 Å². The number of aliphatic carboxylic acids is 1. The maximum absolute atomic E-state index is 12.9. The van der Waals surface area contributed by atoms with Gasteiger partial charge in [0, 0.05) is 34.2 Å². The summed E-state index contributed by atoms with van der Waals surface area (Å²) in [5, 5.41) is 35.2. The Balaban J connectivity index is 2.71. The van der Waals surface area contributed by atoms with Crippen LogP contribution in [0.25, 0.3) is 0 Å². The third-order valence-corrected chi connectivity index (χ3v) is 5.95. The number of guanidine groups is 1. The fourth-order valence-corrected chi connectivity index (χ4v) is 3.77. The molecule has 1 heterocycles. The minimum Gasteiger partial charge on any atom is -0.477 e. The number of aliphatic hydroxyl groups excluding tert-OH is 2. The van der Waals surface area contributed by atoms with Gasteiger partial charge in [0.05, 0.1) is 64.9 Å². The van der Waals surface area contributed by atoms with Crippen molar-refractivity contribution in [1.82, 2.24) is 15.5 Å². The van der Waals surface area contributed by atoms with Gasteiger partial charge in [0.25, 0.3) is 0 Å². The Morgan fingerprint density at radius 3 is 2.09 bits per heavy atom. The molecular formula is C26H47N5O12. The van der Waals surface area contributed by atoms with Crippen molar-refractivity contribution in [2.24, 2.45) is 10.7 Å². The molecule has 0 saturated carbocycles. The average Bonchev–Trinajstić information content (AvgIpc) is 2.97. The number of carbonyl (C=O) groups excluding carboxylic acids is 2. The van der Waals surface area contributed by atoms with Crippen LogP contribution in [0.1, 0.15) is 20.3 Å². The standard InChI is InChI=1S/C26H47N5O12/c1-5-7-38-9-11-40-13-14-41-12-10-39-8-6-31(4)26(37)43-22(19(34)16-32)23-21(29-17(2)33)18(30-25(27)28-3)15-20(42-23)24(35)36/h15,18-19,21-23,32,34H,5-14,16H2,1-4H3,(H,29,33)(H,35,36)(H3,27,28,30)/t18-,19-,21+,22-,23+/m1/s1. The zero-order valence-electron chi connectivity index (χ0n) is 25.2. The maximum Gasteiger partial charge on any atom is 0.410 e. The first-order valence-electron chi connectivity index (χ1n) is 13.9. The van der Waals surface area contributed by atoms with Crippen LogP contribution < -0.4 is 16.4 Å². The number of carboxylic acids is 1. The molecule has 248 valence electrons. The van der Waals surface area contributed by atoms with Crippen molar-refractivity contribution in [3.8, 4) is 0 Å². The molecule has 0 spiro atoms. The molecule has 0 aromatic carbocycles. The number of hydrogen-bond donors (Lipinski definition) is 6. The average molecular weight is 622 g/mol. The predicted octanol–water partition coefficient (Wildman–Crippen LogP) is -1.97. The van der Waals surface area contributed by atoms with Crippen LogP contribution in [-0.4, -0.2) is 155 Å². The first kappa shape index (κ1) is 37.8. The van der Waals surface area contributed by atoms with Crippen LogP contribution >= 0.6 is 0 Å². The highest BCUT2D eigenvalue weighted by atomic mass is 16.6. The molecule has 0 aromatic heterocycles. The number of carboxylic acid groups (broad SMARTS) is 1. The van der Waals surface area contributed by atoms with E-state index in [4.69, 9.17) is 34.2 Å². The Labute approximate surface area is 251 Å². The Morgan fingerprint density at radius 2 is 1.60 bits per heavy atom. The molecule has 0 fully saturated rings. The summed E-state index contributed by atoms with van der Waals surface area (Å²) in [4.78, 5) is 41.6. The number of hydrogen-bond acceptors (Lipinski definition) is 12. The number of aliphatic imine (C=N–C) groups is 1. The van der Waals surface area contributed by atoms with Gasteiger partial charge in [0.1, 0.15) is 6.10 Å². The van der Waals surface area contributed by atoms with Gasteiger partial charge in [-0.3, -0.25) is 9.79 Å². The Hall–Kier alpha value is -3.22. The van der Waals surface area contributed by atoms with Crippen LogP contribution in [-0.2, 0) is 38.0 Å². The van der Waals surface area contributed by atoms with Crippen LogP contribution in [0.2, 0.25) is 0 Å². The van der Waals surface area contributed by atoms with Crippen LogP contribution in [0, 0.1) is 0 Å². The van der Waals surface area contributed by atoms with E-state index in [0.29, 0.717) is 39.6 Å². The zero-order valence-corrected chi connectivity index (χ0v) is 25.2. The molecule has 2 amide bonds. The Bertz CT molecular complexity index is 906. The molecule has 1 rings (SSSR count). The number of amides is 2. The molecule has 17 heteroatoms. The van der Waals surface area contributed by atoms with Gasteiger partial charge in [-0.2, -0.15) is 0 Å². The molecule has 1 aliphatic heterocycles. The van der Waals surface area contributed by atoms with E-state index in [9.17, 15) is 29.7 Å². The SMILES string of the molecule is CCCOCCOCCOCCOCCN(C)C(=O)O[C@@H]([C@H]1OC(C(=O)O)=C[C@@H](NC(N)=NC)[C@@H]1NC(C)=O)[C@H](O)CO. The first-order valence-corrected chi connectivity index (χ1v) is 13.9. The highest BCUT2D eigenvalue weighted by Gasteiger charge is 2.46. The molecule has 0 unspecified atom stereocenters. The van der Waals surface area contributed by atoms with Crippen molar-refractivity contribution in [1.29, 1.82) is 0 Å². The van der Waals surface area contributed by atoms with Crippen molar-refractivity contribution >= 4 is 23.9 Å².